The molecule has 6 nitrogen and oxygen atoms in total. The molecule has 0 unspecified atom stereocenters. The van der Waals surface area contributed by atoms with Gasteiger partial charge in [0.15, 0.2) is 0 Å². The summed E-state index contributed by atoms with van der Waals surface area (Å²) in [5.41, 5.74) is 25.9. The molecule has 0 aromatic heterocycles. The highest BCUT2D eigenvalue weighted by atomic mass is 14.9. The summed E-state index contributed by atoms with van der Waals surface area (Å²) >= 11 is 0. The molecule has 402 valence electrons. The van der Waals surface area contributed by atoms with E-state index in [-0.39, 0.29) is 0 Å². The van der Waals surface area contributed by atoms with Gasteiger partial charge in [-0.25, -0.2) is 0 Å². The predicted octanol–water partition coefficient (Wildman–Crippen LogP) is 17.8. The fraction of sp³-hybridized carbons (Fsp3) is 0.478. The molecule has 0 amide bonds. The van der Waals surface area contributed by atoms with Crippen molar-refractivity contribution in [3.05, 3.63) is 176 Å². The molecule has 0 saturated carbocycles. The Hall–Kier alpha value is -5.88. The SMILES string of the molecule is CC(C)c1ccc2c(c1)CCCN2.CC(C)c1ccc2c(c1)CCN2.CC(C)c1ccc2c(c1)NCC2.CC(C)c1ccc2c(c1)NCCC2.CC(C)c1cccc2c1CCCN2.CC(C)c1cccc2c1CCN2. The summed E-state index contributed by atoms with van der Waals surface area (Å²) in [6.45, 7) is 33.7. The molecule has 0 saturated heterocycles. The van der Waals surface area contributed by atoms with Crippen LogP contribution in [0.4, 0.5) is 34.1 Å². The van der Waals surface area contributed by atoms with Crippen molar-refractivity contribution in [2.24, 2.45) is 0 Å². The lowest BCUT2D eigenvalue weighted by Gasteiger charge is -2.22. The first-order chi connectivity index (χ1) is 36.2. The van der Waals surface area contributed by atoms with Crippen molar-refractivity contribution in [1.29, 1.82) is 0 Å². The standard InChI is InChI=1S/3C12H17N.3C11H15N/c1-9(2)10-5-3-7-12-11(10)6-4-8-13-12;1-9(2)10-5-6-12-11(8-10)4-3-7-13-12;1-9(2)11-6-5-10-4-3-7-13-12(10)8-11;1-8(2)9-3-4-11-10(7-9)5-6-12-11;1-8(2)10-4-3-9-5-6-12-11(9)7-10;1-8(2)9-4-3-5-11-10(9)6-7-12-11/h3,5,7,9,13H,4,6,8H2,1-2H3;2*5-6,8-9,13H,3-4,7H2,1-2H3;2*3-4,7-8,12H,5-6H2,1-2H3;3-5,8,12H,6-7H2,1-2H3. The smallest absolute Gasteiger partial charge is 0.0376 e. The second-order valence-corrected chi connectivity index (χ2v) is 23.5. The summed E-state index contributed by atoms with van der Waals surface area (Å²) < 4.78 is 0. The molecule has 0 fully saturated rings. The van der Waals surface area contributed by atoms with Crippen molar-refractivity contribution in [1.82, 2.24) is 0 Å². The van der Waals surface area contributed by atoms with E-state index in [9.17, 15) is 0 Å². The summed E-state index contributed by atoms with van der Waals surface area (Å²) in [6.07, 6.45) is 11.1. The lowest BCUT2D eigenvalue weighted by molar-refractivity contribution is 0.782. The van der Waals surface area contributed by atoms with Crippen LogP contribution in [-0.4, -0.2) is 39.3 Å². The first kappa shape index (κ1) is 56.8. The molecular weight excluding hydrogens is 913 g/mol. The Morgan fingerprint density at radius 3 is 1.12 bits per heavy atom. The first-order valence-electron chi connectivity index (χ1n) is 29.3. The molecule has 6 aliphatic rings. The van der Waals surface area contributed by atoms with Crippen molar-refractivity contribution in [3.63, 3.8) is 0 Å². The molecule has 6 heteroatoms. The Kier molecular flexibility index (Phi) is 21.0. The van der Waals surface area contributed by atoms with E-state index in [4.69, 9.17) is 0 Å². The highest BCUT2D eigenvalue weighted by molar-refractivity contribution is 5.61. The van der Waals surface area contributed by atoms with Crippen LogP contribution in [0.3, 0.4) is 0 Å². The first-order valence-corrected chi connectivity index (χ1v) is 29.3. The second kappa shape index (κ2) is 27.8. The van der Waals surface area contributed by atoms with Crippen LogP contribution in [0.25, 0.3) is 0 Å². The van der Waals surface area contributed by atoms with Crippen LogP contribution in [0.1, 0.15) is 205 Å². The molecule has 6 aromatic carbocycles. The van der Waals surface area contributed by atoms with Crippen molar-refractivity contribution in [2.45, 2.75) is 176 Å². The monoisotopic (exact) mass is 1010 g/mol. The topological polar surface area (TPSA) is 72.2 Å². The summed E-state index contributed by atoms with van der Waals surface area (Å²) in [5, 5.41) is 20.5. The number of nitrogens with one attached hydrogen (secondary N) is 6. The Bertz CT molecular complexity index is 2610. The van der Waals surface area contributed by atoms with Gasteiger partial charge in [0, 0.05) is 73.4 Å². The van der Waals surface area contributed by atoms with Gasteiger partial charge in [-0.3, -0.25) is 0 Å². The van der Waals surface area contributed by atoms with Crippen LogP contribution in [0, 0.1) is 0 Å². The summed E-state index contributed by atoms with van der Waals surface area (Å²) in [4.78, 5) is 0. The van der Waals surface area contributed by atoms with Gasteiger partial charge in [-0.15, -0.1) is 0 Å². The number of rotatable bonds is 6. The van der Waals surface area contributed by atoms with Crippen LogP contribution in [0.15, 0.2) is 109 Å². The van der Waals surface area contributed by atoms with Crippen LogP contribution in [0.2, 0.25) is 0 Å². The maximum atomic E-state index is 3.46. The number of benzene rings is 6. The van der Waals surface area contributed by atoms with Gasteiger partial charge in [0.05, 0.1) is 0 Å². The van der Waals surface area contributed by atoms with Crippen molar-refractivity contribution >= 4 is 34.1 Å². The van der Waals surface area contributed by atoms with E-state index < -0.39 is 0 Å². The minimum Gasteiger partial charge on any atom is -0.385 e. The van der Waals surface area contributed by atoms with E-state index >= 15 is 0 Å². The maximum absolute atomic E-state index is 3.46. The van der Waals surface area contributed by atoms with Gasteiger partial charge < -0.3 is 31.9 Å². The minimum atomic E-state index is 0.633. The number of anilines is 6. The highest BCUT2D eigenvalue weighted by Gasteiger charge is 2.17. The van der Waals surface area contributed by atoms with Gasteiger partial charge in [0.2, 0.25) is 0 Å². The van der Waals surface area contributed by atoms with Gasteiger partial charge in [-0.1, -0.05) is 156 Å². The zero-order chi connectivity index (χ0) is 53.4. The predicted molar refractivity (Wildman–Crippen MR) is 330 cm³/mol. The van der Waals surface area contributed by atoms with E-state index in [0.717, 1.165) is 39.3 Å². The summed E-state index contributed by atoms with van der Waals surface area (Å²) in [6, 6.07) is 40.4. The van der Waals surface area contributed by atoms with Crippen LogP contribution in [0.5, 0.6) is 0 Å². The fourth-order valence-corrected chi connectivity index (χ4v) is 11.0. The lowest BCUT2D eigenvalue weighted by atomic mass is 9.91. The second-order valence-electron chi connectivity index (χ2n) is 23.5. The fourth-order valence-electron chi connectivity index (χ4n) is 11.0. The van der Waals surface area contributed by atoms with E-state index in [1.54, 1.807) is 5.56 Å². The Morgan fingerprint density at radius 2 is 0.613 bits per heavy atom. The molecule has 6 N–H and O–H groups in total. The van der Waals surface area contributed by atoms with Crippen LogP contribution < -0.4 is 31.9 Å². The van der Waals surface area contributed by atoms with Crippen molar-refractivity contribution in [3.8, 4) is 0 Å². The lowest BCUT2D eigenvalue weighted by Crippen LogP contribution is -2.13. The van der Waals surface area contributed by atoms with Gasteiger partial charge in [-0.2, -0.15) is 0 Å². The molecule has 6 aromatic rings. The molecule has 0 spiro atoms. The number of hydrogen-bond donors (Lipinski definition) is 6. The largest absolute Gasteiger partial charge is 0.385 e. The molecule has 0 atom stereocenters. The molecule has 6 heterocycles. The quantitative estimate of drug-likeness (QED) is 0.0999. The molecule has 6 aliphatic heterocycles. The third-order valence-electron chi connectivity index (χ3n) is 15.8. The van der Waals surface area contributed by atoms with E-state index in [0.29, 0.717) is 35.5 Å². The molecule has 0 aliphatic carbocycles. The summed E-state index contributed by atoms with van der Waals surface area (Å²) in [7, 11) is 0. The van der Waals surface area contributed by atoms with Gasteiger partial charge in [0.25, 0.3) is 0 Å². The van der Waals surface area contributed by atoms with Crippen molar-refractivity contribution in [2.75, 3.05) is 71.2 Å². The number of hydrogen-bond acceptors (Lipinski definition) is 6. The Balaban J connectivity index is 0.000000131. The molecule has 0 bridgehead atoms. The molecular formula is C69H96N6. The van der Waals surface area contributed by atoms with Crippen LogP contribution >= 0.6 is 0 Å². The molecule has 75 heavy (non-hydrogen) atoms. The maximum Gasteiger partial charge on any atom is 0.0376 e. The van der Waals surface area contributed by atoms with Gasteiger partial charge >= 0.3 is 0 Å². The molecule has 0 radical (unpaired) electrons. The van der Waals surface area contributed by atoms with E-state index in [1.807, 2.05) is 0 Å². The zero-order valence-electron chi connectivity index (χ0n) is 48.5. The van der Waals surface area contributed by atoms with Gasteiger partial charge in [0.1, 0.15) is 0 Å². The summed E-state index contributed by atoms with van der Waals surface area (Å²) in [5.74, 6) is 3.87. The average molecular weight is 1010 g/mol. The van der Waals surface area contributed by atoms with Gasteiger partial charge in [-0.05, 0) is 196 Å². The molecule has 12 rings (SSSR count). The van der Waals surface area contributed by atoms with E-state index in [2.05, 4.69) is 224 Å². The normalized spacial score (nSPS) is 15.0. The van der Waals surface area contributed by atoms with Crippen LogP contribution in [-0.2, 0) is 38.5 Å². The minimum absolute atomic E-state index is 0.633. The highest BCUT2D eigenvalue weighted by Crippen LogP contribution is 2.33. The number of aryl methyl sites for hydroxylation is 2. The van der Waals surface area contributed by atoms with E-state index in [1.165, 1.54) is 153 Å². The zero-order valence-corrected chi connectivity index (χ0v) is 48.5. The third-order valence-corrected chi connectivity index (χ3v) is 15.8. The Morgan fingerprint density at radius 1 is 0.267 bits per heavy atom. The average Bonchev–Trinajstić information content (AvgIpc) is 4.23. The number of fused-ring (bicyclic) bond motifs is 6. The Labute approximate surface area is 455 Å². The van der Waals surface area contributed by atoms with Crippen molar-refractivity contribution < 1.29 is 0 Å². The third kappa shape index (κ3) is 15.8.